The molecule has 0 aromatic heterocycles. The van der Waals surface area contributed by atoms with Crippen LogP contribution in [0.4, 0.5) is 0 Å². The quantitative estimate of drug-likeness (QED) is 0.818. The summed E-state index contributed by atoms with van der Waals surface area (Å²) in [4.78, 5) is 11.1. The number of hydrogen-bond acceptors (Lipinski definition) is 3. The van der Waals surface area contributed by atoms with Crippen molar-refractivity contribution in [1.29, 1.82) is 0 Å². The van der Waals surface area contributed by atoms with Gasteiger partial charge >= 0.3 is 0 Å². The molecular weight excluding hydrogens is 192 g/mol. The zero-order chi connectivity index (χ0) is 11.4. The summed E-state index contributed by atoms with van der Waals surface area (Å²) in [6.07, 6.45) is -0.759. The molecule has 1 aromatic carbocycles. The van der Waals surface area contributed by atoms with Gasteiger partial charge in [0.25, 0.3) is 0 Å². The van der Waals surface area contributed by atoms with Crippen LogP contribution in [0, 0.1) is 13.8 Å². The van der Waals surface area contributed by atoms with Gasteiger partial charge in [0, 0.05) is 0 Å². The molecule has 0 fully saturated rings. The van der Waals surface area contributed by atoms with Gasteiger partial charge in [-0.15, -0.1) is 0 Å². The van der Waals surface area contributed by atoms with Gasteiger partial charge in [-0.25, -0.2) is 0 Å². The number of carbonyl (C=O) groups excluding carboxylic acids is 1. The molecule has 1 aromatic rings. The first-order valence-electron chi connectivity index (χ1n) is 4.90. The van der Waals surface area contributed by atoms with Crippen molar-refractivity contribution in [2.45, 2.75) is 26.9 Å². The second-order valence-corrected chi connectivity index (χ2v) is 3.60. The minimum Gasteiger partial charge on any atom is -0.480 e. The predicted molar refractivity (Wildman–Crippen MR) is 58.1 cm³/mol. The van der Waals surface area contributed by atoms with E-state index in [4.69, 9.17) is 9.84 Å². The van der Waals surface area contributed by atoms with Crippen LogP contribution in [0.5, 0.6) is 5.75 Å². The molecule has 15 heavy (non-hydrogen) atoms. The highest BCUT2D eigenvalue weighted by atomic mass is 16.5. The molecule has 0 saturated heterocycles. The van der Waals surface area contributed by atoms with Crippen LogP contribution in [0.25, 0.3) is 0 Å². The summed E-state index contributed by atoms with van der Waals surface area (Å²) in [5.41, 5.74) is 2.10. The molecule has 3 heteroatoms. The minimum atomic E-state index is -0.759. The fourth-order valence-electron chi connectivity index (χ4n) is 1.25. The first kappa shape index (κ1) is 11.7. The van der Waals surface area contributed by atoms with Crippen LogP contribution in [-0.2, 0) is 4.79 Å². The number of Topliss-reactive ketones (excluding diaryl/α,β-unsaturated/α-hetero) is 1. The standard InChI is InChI=1S/C12H16O3/c1-8-5-4-6-11(9(8)2)15-12(7-13)10(3)14/h4-6,12-13H,7H2,1-3H3. The normalized spacial score (nSPS) is 12.3. The van der Waals surface area contributed by atoms with E-state index in [0.29, 0.717) is 5.75 Å². The molecule has 0 heterocycles. The Bertz CT molecular complexity index is 358. The molecule has 1 unspecified atom stereocenters. The minimum absolute atomic E-state index is 0.168. The number of aliphatic hydroxyl groups excluding tert-OH is 1. The Morgan fingerprint density at radius 3 is 2.67 bits per heavy atom. The summed E-state index contributed by atoms with van der Waals surface area (Å²) in [6, 6.07) is 5.64. The molecule has 82 valence electrons. The maximum Gasteiger partial charge on any atom is 0.179 e. The Balaban J connectivity index is 2.88. The van der Waals surface area contributed by atoms with E-state index in [1.165, 1.54) is 6.92 Å². The maximum atomic E-state index is 11.1. The Kier molecular flexibility index (Phi) is 3.86. The van der Waals surface area contributed by atoms with E-state index in [9.17, 15) is 4.79 Å². The summed E-state index contributed by atoms with van der Waals surface area (Å²) in [7, 11) is 0. The summed E-state index contributed by atoms with van der Waals surface area (Å²) in [5.74, 6) is 0.489. The molecule has 1 atom stereocenters. The molecule has 1 N–H and O–H groups in total. The van der Waals surface area contributed by atoms with Crippen LogP contribution in [0.15, 0.2) is 18.2 Å². The van der Waals surface area contributed by atoms with E-state index in [1.807, 2.05) is 26.0 Å². The Morgan fingerprint density at radius 1 is 1.47 bits per heavy atom. The number of aliphatic hydroxyl groups is 1. The number of aryl methyl sites for hydroxylation is 1. The van der Waals surface area contributed by atoms with E-state index in [1.54, 1.807) is 6.07 Å². The van der Waals surface area contributed by atoms with Crippen molar-refractivity contribution in [2.75, 3.05) is 6.61 Å². The third kappa shape index (κ3) is 2.80. The first-order valence-corrected chi connectivity index (χ1v) is 4.90. The molecule has 1 rings (SSSR count). The van der Waals surface area contributed by atoms with Gasteiger partial charge < -0.3 is 9.84 Å². The van der Waals surface area contributed by atoms with Crippen LogP contribution < -0.4 is 4.74 Å². The van der Waals surface area contributed by atoms with Crippen molar-refractivity contribution in [1.82, 2.24) is 0 Å². The largest absolute Gasteiger partial charge is 0.480 e. The number of ether oxygens (including phenoxy) is 1. The highest BCUT2D eigenvalue weighted by Crippen LogP contribution is 2.21. The number of ketones is 1. The van der Waals surface area contributed by atoms with Gasteiger partial charge in [0.05, 0.1) is 6.61 Å². The Labute approximate surface area is 89.7 Å². The molecule has 0 bridgehead atoms. The molecule has 0 amide bonds. The average Bonchev–Trinajstić information content (AvgIpc) is 2.19. The number of rotatable bonds is 4. The van der Waals surface area contributed by atoms with Crippen LogP contribution in [0.2, 0.25) is 0 Å². The van der Waals surface area contributed by atoms with Crippen molar-refractivity contribution in [2.24, 2.45) is 0 Å². The zero-order valence-corrected chi connectivity index (χ0v) is 9.28. The van der Waals surface area contributed by atoms with Gasteiger partial charge in [0.1, 0.15) is 5.75 Å². The van der Waals surface area contributed by atoms with E-state index >= 15 is 0 Å². The molecule has 3 nitrogen and oxygen atoms in total. The van der Waals surface area contributed by atoms with Crippen LogP contribution in [-0.4, -0.2) is 23.6 Å². The Hall–Kier alpha value is -1.35. The fourth-order valence-corrected chi connectivity index (χ4v) is 1.25. The van der Waals surface area contributed by atoms with E-state index in [0.717, 1.165) is 11.1 Å². The van der Waals surface area contributed by atoms with E-state index in [2.05, 4.69) is 0 Å². The topological polar surface area (TPSA) is 46.5 Å². The lowest BCUT2D eigenvalue weighted by Crippen LogP contribution is -2.29. The molecular formula is C12H16O3. The lowest BCUT2D eigenvalue weighted by atomic mass is 10.1. The first-order chi connectivity index (χ1) is 7.06. The van der Waals surface area contributed by atoms with Crippen molar-refractivity contribution in [3.05, 3.63) is 29.3 Å². The van der Waals surface area contributed by atoms with Gasteiger partial charge in [-0.2, -0.15) is 0 Å². The third-order valence-corrected chi connectivity index (χ3v) is 2.44. The molecule has 0 radical (unpaired) electrons. The van der Waals surface area contributed by atoms with Crippen molar-refractivity contribution < 1.29 is 14.6 Å². The third-order valence-electron chi connectivity index (χ3n) is 2.44. The molecule has 0 spiro atoms. The van der Waals surface area contributed by atoms with Crippen molar-refractivity contribution in [3.8, 4) is 5.75 Å². The molecule has 0 saturated carbocycles. The second-order valence-electron chi connectivity index (χ2n) is 3.60. The molecule has 0 aliphatic rings. The van der Waals surface area contributed by atoms with Gasteiger partial charge in [0.2, 0.25) is 0 Å². The molecule has 0 aliphatic carbocycles. The molecule has 0 aliphatic heterocycles. The lowest BCUT2D eigenvalue weighted by molar-refractivity contribution is -0.125. The van der Waals surface area contributed by atoms with Crippen molar-refractivity contribution in [3.63, 3.8) is 0 Å². The summed E-state index contributed by atoms with van der Waals surface area (Å²) < 4.78 is 5.44. The average molecular weight is 208 g/mol. The van der Waals surface area contributed by atoms with Gasteiger partial charge in [0.15, 0.2) is 11.9 Å². The van der Waals surface area contributed by atoms with E-state index < -0.39 is 6.10 Å². The van der Waals surface area contributed by atoms with Gasteiger partial charge in [-0.05, 0) is 38.0 Å². The fraction of sp³-hybridized carbons (Fsp3) is 0.417. The Morgan fingerprint density at radius 2 is 2.13 bits per heavy atom. The van der Waals surface area contributed by atoms with Gasteiger partial charge in [-0.1, -0.05) is 12.1 Å². The van der Waals surface area contributed by atoms with Crippen LogP contribution >= 0.6 is 0 Å². The maximum absolute atomic E-state index is 11.1. The predicted octanol–water partition coefficient (Wildman–Crippen LogP) is 1.63. The summed E-state index contributed by atoms with van der Waals surface area (Å²) in [5, 5.41) is 8.97. The smallest absolute Gasteiger partial charge is 0.179 e. The zero-order valence-electron chi connectivity index (χ0n) is 9.28. The number of benzene rings is 1. The van der Waals surface area contributed by atoms with Crippen LogP contribution in [0.1, 0.15) is 18.1 Å². The second kappa shape index (κ2) is 4.94. The monoisotopic (exact) mass is 208 g/mol. The number of carbonyl (C=O) groups is 1. The summed E-state index contributed by atoms with van der Waals surface area (Å²) in [6.45, 7) is 5.03. The van der Waals surface area contributed by atoms with Crippen LogP contribution in [0.3, 0.4) is 0 Å². The summed E-state index contributed by atoms with van der Waals surface area (Å²) >= 11 is 0. The number of hydrogen-bond donors (Lipinski definition) is 1. The van der Waals surface area contributed by atoms with Gasteiger partial charge in [-0.3, -0.25) is 4.79 Å². The van der Waals surface area contributed by atoms with E-state index in [-0.39, 0.29) is 12.4 Å². The highest BCUT2D eigenvalue weighted by molar-refractivity contribution is 5.80. The van der Waals surface area contributed by atoms with Crippen molar-refractivity contribution >= 4 is 5.78 Å². The SMILES string of the molecule is CC(=O)C(CO)Oc1cccc(C)c1C. The lowest BCUT2D eigenvalue weighted by Gasteiger charge is -2.16. The highest BCUT2D eigenvalue weighted by Gasteiger charge is 2.15.